The fourth-order valence-electron chi connectivity index (χ4n) is 0.677. The SMILES string of the molecule is C=C1C=COC(C#N)=C1C#N. The first-order valence-corrected chi connectivity index (χ1v) is 2.86. The summed E-state index contributed by atoms with van der Waals surface area (Å²) >= 11 is 0. The highest BCUT2D eigenvalue weighted by Gasteiger charge is 2.12. The van der Waals surface area contributed by atoms with Crippen LogP contribution in [0.15, 0.2) is 35.8 Å². The van der Waals surface area contributed by atoms with Gasteiger partial charge in [0.25, 0.3) is 0 Å². The lowest BCUT2D eigenvalue weighted by molar-refractivity contribution is 0.364. The lowest BCUT2D eigenvalue weighted by Gasteiger charge is -2.06. The highest BCUT2D eigenvalue weighted by atomic mass is 16.5. The predicted octanol–water partition coefficient (Wildman–Crippen LogP) is 1.39. The van der Waals surface area contributed by atoms with Crippen molar-refractivity contribution in [3.63, 3.8) is 0 Å². The summed E-state index contributed by atoms with van der Waals surface area (Å²) < 4.78 is 4.76. The van der Waals surface area contributed by atoms with Gasteiger partial charge >= 0.3 is 0 Å². The molecule has 1 aliphatic heterocycles. The molecule has 3 heteroatoms. The first-order chi connectivity index (χ1) is 5.29. The van der Waals surface area contributed by atoms with E-state index in [-0.39, 0.29) is 11.3 Å². The number of rotatable bonds is 0. The number of hydrogen-bond acceptors (Lipinski definition) is 3. The Morgan fingerprint density at radius 2 is 2.09 bits per heavy atom. The molecule has 0 atom stereocenters. The Hall–Kier alpha value is -2.00. The van der Waals surface area contributed by atoms with E-state index in [1.165, 1.54) is 6.26 Å². The molecule has 0 aromatic heterocycles. The highest BCUT2D eigenvalue weighted by molar-refractivity contribution is 5.53. The monoisotopic (exact) mass is 144 g/mol. The van der Waals surface area contributed by atoms with E-state index in [0.717, 1.165) is 0 Å². The van der Waals surface area contributed by atoms with E-state index in [9.17, 15) is 0 Å². The Balaban J connectivity index is 3.15. The van der Waals surface area contributed by atoms with Gasteiger partial charge in [-0.15, -0.1) is 0 Å². The Morgan fingerprint density at radius 3 is 2.55 bits per heavy atom. The van der Waals surface area contributed by atoms with E-state index >= 15 is 0 Å². The van der Waals surface area contributed by atoms with Gasteiger partial charge in [-0.05, 0) is 11.6 Å². The molecule has 0 radical (unpaired) electrons. The summed E-state index contributed by atoms with van der Waals surface area (Å²) in [4.78, 5) is 0. The van der Waals surface area contributed by atoms with Crippen molar-refractivity contribution in [3.05, 3.63) is 35.8 Å². The van der Waals surface area contributed by atoms with Gasteiger partial charge in [0.2, 0.25) is 5.76 Å². The summed E-state index contributed by atoms with van der Waals surface area (Å²) in [7, 11) is 0. The number of hydrogen-bond donors (Lipinski definition) is 0. The number of nitrogens with zero attached hydrogens (tertiary/aromatic N) is 2. The van der Waals surface area contributed by atoms with Crippen molar-refractivity contribution < 1.29 is 4.74 Å². The van der Waals surface area contributed by atoms with Crippen LogP contribution in [0.4, 0.5) is 0 Å². The molecular formula is C8H4N2O. The van der Waals surface area contributed by atoms with E-state index in [1.807, 2.05) is 6.07 Å². The zero-order valence-corrected chi connectivity index (χ0v) is 5.66. The average molecular weight is 144 g/mol. The molecular weight excluding hydrogens is 140 g/mol. The van der Waals surface area contributed by atoms with Gasteiger partial charge in [-0.3, -0.25) is 0 Å². The van der Waals surface area contributed by atoms with E-state index in [4.69, 9.17) is 15.3 Å². The molecule has 0 saturated heterocycles. The molecule has 0 aromatic carbocycles. The zero-order chi connectivity index (χ0) is 8.27. The second-order valence-corrected chi connectivity index (χ2v) is 1.87. The van der Waals surface area contributed by atoms with E-state index < -0.39 is 0 Å². The molecule has 0 spiro atoms. The number of ether oxygens (including phenoxy) is 1. The van der Waals surface area contributed by atoms with E-state index in [1.54, 1.807) is 12.1 Å². The fourth-order valence-corrected chi connectivity index (χ4v) is 0.677. The minimum Gasteiger partial charge on any atom is -0.452 e. The van der Waals surface area contributed by atoms with Gasteiger partial charge in [0.15, 0.2) is 0 Å². The smallest absolute Gasteiger partial charge is 0.221 e. The maximum absolute atomic E-state index is 8.53. The maximum Gasteiger partial charge on any atom is 0.221 e. The standard InChI is InChI=1S/C8H4N2O/c1-6-2-3-11-8(5-10)7(6)4-9/h2-3H,1H2. The van der Waals surface area contributed by atoms with Crippen molar-refractivity contribution >= 4 is 0 Å². The quantitative estimate of drug-likeness (QED) is 0.516. The van der Waals surface area contributed by atoms with Crippen molar-refractivity contribution in [2.45, 2.75) is 0 Å². The summed E-state index contributed by atoms with van der Waals surface area (Å²) in [5.74, 6) is 0.0139. The topological polar surface area (TPSA) is 56.8 Å². The Bertz CT molecular complexity index is 336. The summed E-state index contributed by atoms with van der Waals surface area (Å²) in [6.45, 7) is 3.57. The van der Waals surface area contributed by atoms with Gasteiger partial charge < -0.3 is 4.74 Å². The largest absolute Gasteiger partial charge is 0.452 e. The second-order valence-electron chi connectivity index (χ2n) is 1.87. The average Bonchev–Trinajstić information content (AvgIpc) is 2.04. The molecule has 52 valence electrons. The minimum atomic E-state index is 0.0139. The van der Waals surface area contributed by atoms with E-state index in [2.05, 4.69) is 6.58 Å². The van der Waals surface area contributed by atoms with Gasteiger partial charge in [-0.2, -0.15) is 10.5 Å². The molecule has 3 nitrogen and oxygen atoms in total. The van der Waals surface area contributed by atoms with Crippen LogP contribution in [-0.2, 0) is 4.74 Å². The molecule has 0 saturated carbocycles. The van der Waals surface area contributed by atoms with Gasteiger partial charge in [0, 0.05) is 0 Å². The summed E-state index contributed by atoms with van der Waals surface area (Å²) in [6, 6.07) is 3.59. The molecule has 0 bridgehead atoms. The van der Waals surface area contributed by atoms with Crippen molar-refractivity contribution in [2.75, 3.05) is 0 Å². The normalized spacial score (nSPS) is 15.3. The third-order valence-corrected chi connectivity index (χ3v) is 1.22. The molecule has 1 heterocycles. The Labute approximate surface area is 64.1 Å². The summed E-state index contributed by atoms with van der Waals surface area (Å²) in [5.41, 5.74) is 0.713. The molecule has 1 aliphatic rings. The van der Waals surface area contributed by atoms with Gasteiger partial charge in [0.05, 0.1) is 6.26 Å². The van der Waals surface area contributed by atoms with Crippen LogP contribution >= 0.6 is 0 Å². The van der Waals surface area contributed by atoms with Crippen LogP contribution in [0, 0.1) is 22.7 Å². The fraction of sp³-hybridized carbons (Fsp3) is 0. The summed E-state index contributed by atoms with van der Waals surface area (Å²) in [6.07, 6.45) is 2.88. The Kier molecular flexibility index (Phi) is 1.76. The van der Waals surface area contributed by atoms with Crippen molar-refractivity contribution in [1.29, 1.82) is 10.5 Å². The molecule has 0 aromatic rings. The van der Waals surface area contributed by atoms with Crippen molar-refractivity contribution in [3.8, 4) is 12.1 Å². The lowest BCUT2D eigenvalue weighted by atomic mass is 10.1. The molecule has 11 heavy (non-hydrogen) atoms. The van der Waals surface area contributed by atoms with Gasteiger partial charge in [0.1, 0.15) is 17.7 Å². The molecule has 1 rings (SSSR count). The zero-order valence-electron chi connectivity index (χ0n) is 5.66. The summed E-state index contributed by atoms with van der Waals surface area (Å²) in [5, 5.41) is 17.0. The number of allylic oxidation sites excluding steroid dienone is 4. The van der Waals surface area contributed by atoms with Crippen LogP contribution in [0.3, 0.4) is 0 Å². The van der Waals surface area contributed by atoms with Crippen LogP contribution in [0.25, 0.3) is 0 Å². The van der Waals surface area contributed by atoms with Crippen LogP contribution in [0.1, 0.15) is 0 Å². The third-order valence-electron chi connectivity index (χ3n) is 1.22. The van der Waals surface area contributed by atoms with E-state index in [0.29, 0.717) is 5.57 Å². The third kappa shape index (κ3) is 1.12. The maximum atomic E-state index is 8.53. The van der Waals surface area contributed by atoms with Gasteiger partial charge in [-0.1, -0.05) is 6.58 Å². The highest BCUT2D eigenvalue weighted by Crippen LogP contribution is 2.19. The predicted molar refractivity (Wildman–Crippen MR) is 37.6 cm³/mol. The van der Waals surface area contributed by atoms with Gasteiger partial charge in [-0.25, -0.2) is 0 Å². The van der Waals surface area contributed by atoms with Crippen LogP contribution in [0.5, 0.6) is 0 Å². The first kappa shape index (κ1) is 7.11. The molecule has 0 unspecified atom stereocenters. The second kappa shape index (κ2) is 2.72. The molecule has 0 N–H and O–H groups in total. The molecule has 0 fully saturated rings. The van der Waals surface area contributed by atoms with Crippen LogP contribution in [-0.4, -0.2) is 0 Å². The van der Waals surface area contributed by atoms with Crippen molar-refractivity contribution in [2.24, 2.45) is 0 Å². The Morgan fingerprint density at radius 1 is 1.36 bits per heavy atom. The molecule has 0 aliphatic carbocycles. The minimum absolute atomic E-state index is 0.0139. The molecule has 0 amide bonds. The van der Waals surface area contributed by atoms with Crippen LogP contribution < -0.4 is 0 Å². The number of nitriles is 2. The van der Waals surface area contributed by atoms with Crippen molar-refractivity contribution in [1.82, 2.24) is 0 Å². The first-order valence-electron chi connectivity index (χ1n) is 2.86. The lowest BCUT2D eigenvalue weighted by Crippen LogP contribution is -1.96. The van der Waals surface area contributed by atoms with Crippen LogP contribution in [0.2, 0.25) is 0 Å².